The maximum atomic E-state index is 8.94. The van der Waals surface area contributed by atoms with Crippen molar-refractivity contribution in [2.75, 3.05) is 5.32 Å². The molecule has 2 aromatic carbocycles. The van der Waals surface area contributed by atoms with Gasteiger partial charge >= 0.3 is 0 Å². The molecule has 5 heteroatoms. The monoisotopic (exact) mass is 370 g/mol. The first-order valence-electron chi connectivity index (χ1n) is 9.00. The number of nitrogens with zero attached hydrogens (tertiary/aromatic N) is 2. The third-order valence-corrected chi connectivity index (χ3v) is 4.30. The molecule has 0 radical (unpaired) electrons. The summed E-state index contributed by atoms with van der Waals surface area (Å²) in [7, 11) is 0. The van der Waals surface area contributed by atoms with E-state index in [9.17, 15) is 0 Å². The second-order valence-electron chi connectivity index (χ2n) is 6.23. The van der Waals surface area contributed by atoms with Gasteiger partial charge in [0.1, 0.15) is 0 Å². The lowest BCUT2D eigenvalue weighted by molar-refractivity contribution is 0.0644. The maximum Gasteiger partial charge on any atom is 0.0999 e. The fourth-order valence-electron chi connectivity index (χ4n) is 2.81. The minimum Gasteiger partial charge on any atom is -0.380 e. The SMILES string of the molecule is C=C(NOCc1ccccc1CC#N)c1ccccc1NCc1ccncc1. The maximum absolute atomic E-state index is 8.94. The molecular weight excluding hydrogens is 348 g/mol. The molecule has 0 aliphatic rings. The summed E-state index contributed by atoms with van der Waals surface area (Å²) >= 11 is 0. The van der Waals surface area contributed by atoms with Crippen LogP contribution in [0.15, 0.2) is 79.6 Å². The van der Waals surface area contributed by atoms with E-state index in [2.05, 4.69) is 28.4 Å². The Morgan fingerprint density at radius 3 is 2.50 bits per heavy atom. The third kappa shape index (κ3) is 5.19. The Kier molecular flexibility index (Phi) is 6.78. The second-order valence-corrected chi connectivity index (χ2v) is 6.23. The van der Waals surface area contributed by atoms with E-state index in [1.165, 1.54) is 0 Å². The highest BCUT2D eigenvalue weighted by atomic mass is 16.6. The summed E-state index contributed by atoms with van der Waals surface area (Å²) in [5.41, 5.74) is 8.58. The number of anilines is 1. The van der Waals surface area contributed by atoms with Crippen molar-refractivity contribution in [2.24, 2.45) is 0 Å². The topological polar surface area (TPSA) is 70.0 Å². The number of aromatic nitrogens is 1. The zero-order valence-corrected chi connectivity index (χ0v) is 15.6. The molecule has 0 bridgehead atoms. The van der Waals surface area contributed by atoms with E-state index < -0.39 is 0 Å². The number of hydrogen-bond acceptors (Lipinski definition) is 5. The first kappa shape index (κ1) is 19.2. The van der Waals surface area contributed by atoms with Crippen LogP contribution in [0.3, 0.4) is 0 Å². The number of hydrogen-bond donors (Lipinski definition) is 2. The molecule has 0 aliphatic heterocycles. The van der Waals surface area contributed by atoms with Crippen molar-refractivity contribution in [3.05, 3.63) is 102 Å². The Balaban J connectivity index is 1.60. The Morgan fingerprint density at radius 2 is 1.71 bits per heavy atom. The van der Waals surface area contributed by atoms with E-state index in [0.717, 1.165) is 27.9 Å². The van der Waals surface area contributed by atoms with Crippen LogP contribution in [0.1, 0.15) is 22.3 Å². The molecule has 1 heterocycles. The summed E-state index contributed by atoms with van der Waals surface area (Å²) in [4.78, 5) is 9.68. The van der Waals surface area contributed by atoms with Gasteiger partial charge in [0.2, 0.25) is 0 Å². The van der Waals surface area contributed by atoms with Gasteiger partial charge in [-0.2, -0.15) is 5.26 Å². The largest absolute Gasteiger partial charge is 0.380 e. The zero-order valence-electron chi connectivity index (χ0n) is 15.6. The third-order valence-electron chi connectivity index (χ3n) is 4.30. The number of rotatable bonds is 9. The molecular formula is C23H22N4O. The zero-order chi connectivity index (χ0) is 19.6. The van der Waals surface area contributed by atoms with Crippen LogP contribution in [0.4, 0.5) is 5.69 Å². The Bertz CT molecular complexity index is 964. The molecule has 0 unspecified atom stereocenters. The average Bonchev–Trinajstić information content (AvgIpc) is 2.74. The number of nitriles is 1. The van der Waals surface area contributed by atoms with Gasteiger partial charge in [0.05, 0.1) is 24.8 Å². The fraction of sp³-hybridized carbons (Fsp3) is 0.130. The molecule has 0 atom stereocenters. The molecule has 140 valence electrons. The minimum atomic E-state index is 0.351. The number of hydroxylamine groups is 1. The van der Waals surface area contributed by atoms with Gasteiger partial charge in [-0.25, -0.2) is 0 Å². The highest BCUT2D eigenvalue weighted by molar-refractivity contribution is 5.73. The Morgan fingerprint density at radius 1 is 1.00 bits per heavy atom. The van der Waals surface area contributed by atoms with E-state index in [-0.39, 0.29) is 0 Å². The van der Waals surface area contributed by atoms with Gasteiger partial charge in [-0.05, 0) is 34.9 Å². The van der Waals surface area contributed by atoms with Gasteiger partial charge in [0.15, 0.2) is 0 Å². The molecule has 3 rings (SSSR count). The summed E-state index contributed by atoms with van der Waals surface area (Å²) in [5.74, 6) is 0. The lowest BCUT2D eigenvalue weighted by Crippen LogP contribution is -2.14. The van der Waals surface area contributed by atoms with Crippen molar-refractivity contribution in [3.63, 3.8) is 0 Å². The van der Waals surface area contributed by atoms with Crippen LogP contribution >= 0.6 is 0 Å². The van der Waals surface area contributed by atoms with Gasteiger partial charge in [0, 0.05) is 30.2 Å². The van der Waals surface area contributed by atoms with Crippen molar-refractivity contribution < 1.29 is 4.84 Å². The predicted octanol–water partition coefficient (Wildman–Crippen LogP) is 4.45. The van der Waals surface area contributed by atoms with Crippen LogP contribution in [0.2, 0.25) is 0 Å². The molecule has 0 saturated heterocycles. The van der Waals surface area contributed by atoms with Crippen molar-refractivity contribution >= 4 is 11.4 Å². The summed E-state index contributed by atoms with van der Waals surface area (Å²) in [6.45, 7) is 5.13. The first-order chi connectivity index (χ1) is 13.8. The first-order valence-corrected chi connectivity index (χ1v) is 9.00. The summed E-state index contributed by atoms with van der Waals surface area (Å²) < 4.78 is 0. The van der Waals surface area contributed by atoms with E-state index in [1.54, 1.807) is 12.4 Å². The van der Waals surface area contributed by atoms with E-state index in [1.807, 2.05) is 60.7 Å². The number of pyridine rings is 1. The van der Waals surface area contributed by atoms with Crippen molar-refractivity contribution in [1.82, 2.24) is 10.5 Å². The molecule has 3 aromatic rings. The summed E-state index contributed by atoms with van der Waals surface area (Å²) in [5, 5.41) is 12.4. The lowest BCUT2D eigenvalue weighted by Gasteiger charge is -2.16. The van der Waals surface area contributed by atoms with Crippen LogP contribution in [0.5, 0.6) is 0 Å². The minimum absolute atomic E-state index is 0.351. The highest BCUT2D eigenvalue weighted by Crippen LogP contribution is 2.22. The summed E-state index contributed by atoms with van der Waals surface area (Å²) in [6, 6.07) is 21.8. The molecule has 0 spiro atoms. The van der Waals surface area contributed by atoms with E-state index in [4.69, 9.17) is 10.1 Å². The molecule has 0 saturated carbocycles. The molecule has 0 fully saturated rings. The molecule has 1 aromatic heterocycles. The second kappa shape index (κ2) is 9.91. The summed E-state index contributed by atoms with van der Waals surface area (Å²) in [6.07, 6.45) is 3.92. The molecule has 0 amide bonds. The van der Waals surface area contributed by atoms with Crippen LogP contribution in [0.25, 0.3) is 5.70 Å². The van der Waals surface area contributed by atoms with Crippen molar-refractivity contribution in [3.8, 4) is 6.07 Å². The Labute approximate surface area is 165 Å². The molecule has 28 heavy (non-hydrogen) atoms. The molecule has 0 aliphatic carbocycles. The fourth-order valence-corrected chi connectivity index (χ4v) is 2.81. The van der Waals surface area contributed by atoms with E-state index in [0.29, 0.717) is 25.3 Å². The predicted molar refractivity (Wildman–Crippen MR) is 111 cm³/mol. The lowest BCUT2D eigenvalue weighted by atomic mass is 10.1. The van der Waals surface area contributed by atoms with Gasteiger partial charge in [-0.1, -0.05) is 49.0 Å². The number of nitrogens with one attached hydrogen (secondary N) is 2. The molecule has 5 nitrogen and oxygen atoms in total. The van der Waals surface area contributed by atoms with Crippen LogP contribution < -0.4 is 10.8 Å². The van der Waals surface area contributed by atoms with Crippen molar-refractivity contribution in [1.29, 1.82) is 5.26 Å². The smallest absolute Gasteiger partial charge is 0.0999 e. The standard InChI is InChI=1S/C23H22N4O/c1-18(27-28-17-21-7-3-2-6-20(21)10-13-24)22-8-4-5-9-23(22)26-16-19-11-14-25-15-12-19/h2-9,11-12,14-15,26-27H,1,10,16-17H2. The van der Waals surface area contributed by atoms with Gasteiger partial charge < -0.3 is 5.32 Å². The van der Waals surface area contributed by atoms with Gasteiger partial charge in [-0.15, -0.1) is 0 Å². The van der Waals surface area contributed by atoms with Crippen LogP contribution in [-0.4, -0.2) is 4.98 Å². The quantitative estimate of drug-likeness (QED) is 0.545. The van der Waals surface area contributed by atoms with Crippen LogP contribution in [-0.2, 0) is 24.4 Å². The van der Waals surface area contributed by atoms with Gasteiger partial charge in [0.25, 0.3) is 0 Å². The Hall–Kier alpha value is -3.62. The normalized spacial score (nSPS) is 10.1. The van der Waals surface area contributed by atoms with Gasteiger partial charge in [-0.3, -0.25) is 15.3 Å². The van der Waals surface area contributed by atoms with Crippen molar-refractivity contribution in [2.45, 2.75) is 19.6 Å². The number of benzene rings is 2. The van der Waals surface area contributed by atoms with E-state index >= 15 is 0 Å². The number of para-hydroxylation sites is 1. The molecule has 2 N–H and O–H groups in total. The highest BCUT2D eigenvalue weighted by Gasteiger charge is 2.07. The van der Waals surface area contributed by atoms with Crippen LogP contribution in [0, 0.1) is 11.3 Å². The average molecular weight is 370 g/mol.